The maximum absolute atomic E-state index is 13.0. The number of carbonyl (C=O) groups is 1. The Labute approximate surface area is 180 Å². The van der Waals surface area contributed by atoms with Crippen molar-refractivity contribution in [3.63, 3.8) is 0 Å². The Kier molecular flexibility index (Phi) is 6.83. The first-order valence-electron chi connectivity index (χ1n) is 9.41. The fourth-order valence-electron chi connectivity index (χ4n) is 3.39. The fraction of sp³-hybridized carbons (Fsp3) is 0.400. The molecule has 1 saturated heterocycles. The SMILES string of the molecule is CC(C)N=c1ccccn1C(=O)C1CCN(S(=O)(=O)c2c(Cl)cccc2Cl)CC1. The molecule has 0 bridgehead atoms. The van der Waals surface area contributed by atoms with E-state index in [0.717, 1.165) is 0 Å². The van der Waals surface area contributed by atoms with E-state index in [4.69, 9.17) is 23.2 Å². The van der Waals surface area contributed by atoms with E-state index in [0.29, 0.717) is 18.3 Å². The second-order valence-corrected chi connectivity index (χ2v) is 9.91. The van der Waals surface area contributed by atoms with Crippen LogP contribution in [0.5, 0.6) is 0 Å². The molecule has 0 aliphatic carbocycles. The summed E-state index contributed by atoms with van der Waals surface area (Å²) in [5.41, 5.74) is 0.602. The number of piperidine rings is 1. The molecule has 9 heteroatoms. The van der Waals surface area contributed by atoms with Gasteiger partial charge in [-0.3, -0.25) is 14.4 Å². The molecular weight excluding hydrogens is 433 g/mol. The van der Waals surface area contributed by atoms with Crippen molar-refractivity contribution >= 4 is 39.1 Å². The lowest BCUT2D eigenvalue weighted by atomic mass is 9.97. The lowest BCUT2D eigenvalue weighted by Gasteiger charge is -2.31. The third kappa shape index (κ3) is 4.74. The molecule has 3 rings (SSSR count). The Hall–Kier alpha value is -1.67. The number of rotatable bonds is 4. The summed E-state index contributed by atoms with van der Waals surface area (Å²) in [5, 5.41) is 0.186. The molecule has 0 amide bonds. The van der Waals surface area contributed by atoms with Gasteiger partial charge in [-0.05, 0) is 51.0 Å². The molecule has 156 valence electrons. The maximum atomic E-state index is 13.0. The Morgan fingerprint density at radius 1 is 1.07 bits per heavy atom. The van der Waals surface area contributed by atoms with Crippen LogP contribution < -0.4 is 5.49 Å². The summed E-state index contributed by atoms with van der Waals surface area (Å²) in [4.78, 5) is 17.4. The van der Waals surface area contributed by atoms with Crippen LogP contribution >= 0.6 is 23.2 Å². The van der Waals surface area contributed by atoms with E-state index < -0.39 is 10.0 Å². The van der Waals surface area contributed by atoms with Gasteiger partial charge in [0.2, 0.25) is 15.9 Å². The van der Waals surface area contributed by atoms with Crippen molar-refractivity contribution in [2.75, 3.05) is 13.1 Å². The summed E-state index contributed by atoms with van der Waals surface area (Å²) in [7, 11) is -3.83. The molecule has 0 saturated carbocycles. The molecule has 1 aliphatic heterocycles. The van der Waals surface area contributed by atoms with Gasteiger partial charge in [0.15, 0.2) is 0 Å². The second kappa shape index (κ2) is 9.00. The van der Waals surface area contributed by atoms with Crippen molar-refractivity contribution in [1.29, 1.82) is 0 Å². The van der Waals surface area contributed by atoms with Gasteiger partial charge in [0, 0.05) is 31.2 Å². The number of carbonyl (C=O) groups excluding carboxylic acids is 1. The van der Waals surface area contributed by atoms with E-state index in [1.807, 2.05) is 19.9 Å². The molecule has 0 radical (unpaired) electrons. The molecule has 0 N–H and O–H groups in total. The zero-order valence-electron chi connectivity index (χ0n) is 16.3. The third-order valence-corrected chi connectivity index (χ3v) is 7.64. The smallest absolute Gasteiger partial charge is 0.246 e. The number of sulfonamides is 1. The lowest BCUT2D eigenvalue weighted by molar-refractivity contribution is 0.0781. The Bertz CT molecular complexity index is 1050. The Balaban J connectivity index is 1.79. The first-order valence-corrected chi connectivity index (χ1v) is 11.6. The van der Waals surface area contributed by atoms with Crippen LogP contribution in [0.15, 0.2) is 52.5 Å². The van der Waals surface area contributed by atoms with Crippen LogP contribution in [-0.4, -0.2) is 42.3 Å². The van der Waals surface area contributed by atoms with E-state index in [-0.39, 0.29) is 45.9 Å². The van der Waals surface area contributed by atoms with Gasteiger partial charge >= 0.3 is 0 Å². The predicted octanol–water partition coefficient (Wildman–Crippen LogP) is 3.85. The summed E-state index contributed by atoms with van der Waals surface area (Å²) >= 11 is 12.2. The number of aromatic nitrogens is 1. The highest BCUT2D eigenvalue weighted by Crippen LogP contribution is 2.33. The minimum atomic E-state index is -3.83. The van der Waals surface area contributed by atoms with Crippen LogP contribution in [-0.2, 0) is 10.0 Å². The number of benzene rings is 1. The van der Waals surface area contributed by atoms with Gasteiger partial charge in [0.05, 0.1) is 10.0 Å². The van der Waals surface area contributed by atoms with Crippen LogP contribution in [0.1, 0.15) is 31.5 Å². The van der Waals surface area contributed by atoms with Gasteiger partial charge in [0.1, 0.15) is 10.4 Å². The molecule has 0 spiro atoms. The molecule has 2 heterocycles. The van der Waals surface area contributed by atoms with Crippen LogP contribution in [0.2, 0.25) is 10.0 Å². The van der Waals surface area contributed by atoms with E-state index in [2.05, 4.69) is 4.99 Å². The molecule has 1 aliphatic rings. The number of hydrogen-bond donors (Lipinski definition) is 0. The van der Waals surface area contributed by atoms with E-state index >= 15 is 0 Å². The number of nitrogens with zero attached hydrogens (tertiary/aromatic N) is 3. The quantitative estimate of drug-likeness (QED) is 0.702. The van der Waals surface area contributed by atoms with E-state index in [1.165, 1.54) is 16.4 Å². The first kappa shape index (κ1) is 22.0. The Morgan fingerprint density at radius 2 is 1.69 bits per heavy atom. The normalized spacial score (nSPS) is 17.1. The lowest BCUT2D eigenvalue weighted by Crippen LogP contribution is -2.42. The molecule has 1 fully saturated rings. The van der Waals surface area contributed by atoms with Gasteiger partial charge in [-0.2, -0.15) is 4.31 Å². The van der Waals surface area contributed by atoms with Gasteiger partial charge < -0.3 is 0 Å². The highest BCUT2D eigenvalue weighted by atomic mass is 35.5. The van der Waals surface area contributed by atoms with Crippen molar-refractivity contribution in [2.24, 2.45) is 10.9 Å². The number of pyridine rings is 1. The third-order valence-electron chi connectivity index (χ3n) is 4.79. The van der Waals surface area contributed by atoms with E-state index in [1.54, 1.807) is 29.0 Å². The maximum Gasteiger partial charge on any atom is 0.246 e. The number of hydrogen-bond acceptors (Lipinski definition) is 4. The molecular formula is C20H23Cl2N3O3S. The van der Waals surface area contributed by atoms with Gasteiger partial charge in [-0.25, -0.2) is 8.42 Å². The standard InChI is InChI=1S/C20H23Cl2N3O3S/c1-14(2)23-18-8-3-4-11-25(18)20(26)15-9-12-24(13-10-15)29(27,28)19-16(21)6-5-7-17(19)22/h3-8,11,14-15H,9-10,12-13H2,1-2H3. The van der Waals surface area contributed by atoms with Crippen molar-refractivity contribution in [2.45, 2.75) is 37.6 Å². The van der Waals surface area contributed by atoms with Crippen LogP contribution in [0.4, 0.5) is 0 Å². The van der Waals surface area contributed by atoms with Crippen molar-refractivity contribution < 1.29 is 13.2 Å². The van der Waals surface area contributed by atoms with Gasteiger partial charge in [0.25, 0.3) is 0 Å². The monoisotopic (exact) mass is 455 g/mol. The molecule has 0 unspecified atom stereocenters. The molecule has 1 aromatic heterocycles. The zero-order chi connectivity index (χ0) is 21.2. The molecule has 29 heavy (non-hydrogen) atoms. The largest absolute Gasteiger partial charge is 0.274 e. The molecule has 6 nitrogen and oxygen atoms in total. The first-order chi connectivity index (χ1) is 13.7. The second-order valence-electron chi connectivity index (χ2n) is 7.22. The highest BCUT2D eigenvalue weighted by Gasteiger charge is 2.34. The summed E-state index contributed by atoms with van der Waals surface area (Å²) in [5.74, 6) is -0.352. The molecule has 1 aromatic carbocycles. The van der Waals surface area contributed by atoms with Gasteiger partial charge in [-0.1, -0.05) is 35.3 Å². The highest BCUT2D eigenvalue weighted by molar-refractivity contribution is 7.89. The predicted molar refractivity (Wildman–Crippen MR) is 114 cm³/mol. The minimum Gasteiger partial charge on any atom is -0.274 e. The van der Waals surface area contributed by atoms with Crippen molar-refractivity contribution in [3.8, 4) is 0 Å². The van der Waals surface area contributed by atoms with E-state index in [9.17, 15) is 13.2 Å². The minimum absolute atomic E-state index is 0.0591. The van der Waals surface area contributed by atoms with Crippen LogP contribution in [0.3, 0.4) is 0 Å². The summed E-state index contributed by atoms with van der Waals surface area (Å²) in [6, 6.07) is 10.1. The van der Waals surface area contributed by atoms with Crippen molar-refractivity contribution in [1.82, 2.24) is 8.87 Å². The van der Waals surface area contributed by atoms with Crippen LogP contribution in [0, 0.1) is 5.92 Å². The number of halogens is 2. The average molecular weight is 456 g/mol. The van der Waals surface area contributed by atoms with Crippen LogP contribution in [0.25, 0.3) is 0 Å². The zero-order valence-corrected chi connectivity index (χ0v) is 18.6. The molecule has 2 aromatic rings. The summed E-state index contributed by atoms with van der Waals surface area (Å²) in [6.07, 6.45) is 2.54. The topological polar surface area (TPSA) is 71.7 Å². The van der Waals surface area contributed by atoms with Crippen molar-refractivity contribution in [3.05, 3.63) is 58.1 Å². The average Bonchev–Trinajstić information content (AvgIpc) is 2.67. The Morgan fingerprint density at radius 3 is 2.28 bits per heavy atom. The summed E-state index contributed by atoms with van der Waals surface area (Å²) in [6.45, 7) is 4.35. The summed E-state index contributed by atoms with van der Waals surface area (Å²) < 4.78 is 28.9. The fourth-order valence-corrected chi connectivity index (χ4v) is 5.95. The van der Waals surface area contributed by atoms with Gasteiger partial charge in [-0.15, -0.1) is 0 Å². The molecule has 0 atom stereocenters.